The first-order chi connectivity index (χ1) is 5.31. The first kappa shape index (κ1) is 6.86. The average molecular weight is 147 g/mol. The van der Waals surface area contributed by atoms with Gasteiger partial charge in [0, 0.05) is 6.04 Å². The summed E-state index contributed by atoms with van der Waals surface area (Å²) >= 11 is 0. The van der Waals surface area contributed by atoms with Crippen LogP contribution in [0.2, 0.25) is 0 Å². The Morgan fingerprint density at radius 3 is 2.91 bits per heavy atom. The lowest BCUT2D eigenvalue weighted by molar-refractivity contribution is 0.530. The third kappa shape index (κ3) is 0.962. The lowest BCUT2D eigenvalue weighted by Gasteiger charge is -2.30. The molecule has 0 fully saturated rings. The van der Waals surface area contributed by atoms with Crippen LogP contribution in [-0.2, 0) is 6.42 Å². The second-order valence-corrected chi connectivity index (χ2v) is 3.25. The molecule has 1 unspecified atom stereocenters. The number of fused-ring (bicyclic) bond motifs is 1. The Hall–Kier alpha value is -0.820. The van der Waals surface area contributed by atoms with Crippen molar-refractivity contribution in [2.24, 2.45) is 0 Å². The summed E-state index contributed by atoms with van der Waals surface area (Å²) in [6.45, 7) is 2.15. The highest BCUT2D eigenvalue weighted by molar-refractivity contribution is 5.41. The predicted octanol–water partition coefficient (Wildman–Crippen LogP) is 1.81. The van der Waals surface area contributed by atoms with Crippen molar-refractivity contribution in [3.63, 3.8) is 0 Å². The van der Waals surface area contributed by atoms with Gasteiger partial charge < -0.3 is 5.32 Å². The molecule has 0 saturated carbocycles. The monoisotopic (exact) mass is 147 g/mol. The lowest BCUT2D eigenvalue weighted by Crippen LogP contribution is -2.28. The Balaban J connectivity index is 2.35. The van der Waals surface area contributed by atoms with Crippen LogP contribution in [-0.4, -0.2) is 7.05 Å². The van der Waals surface area contributed by atoms with Gasteiger partial charge in [-0.05, 0) is 31.5 Å². The van der Waals surface area contributed by atoms with E-state index in [0.717, 1.165) is 0 Å². The van der Waals surface area contributed by atoms with E-state index in [9.17, 15) is 0 Å². The standard InChI is InChI=1S/C10H13N/c1-7-3-4-9-8(5-7)6-10(9)11-2/h3-5,10-11H,6H2,1-2H3. The largest absolute Gasteiger partial charge is 0.313 e. The Kier molecular flexibility index (Phi) is 1.46. The van der Waals surface area contributed by atoms with E-state index >= 15 is 0 Å². The van der Waals surface area contributed by atoms with E-state index in [2.05, 4.69) is 30.4 Å². The molecule has 0 saturated heterocycles. The molecular formula is C10H13N. The normalized spacial score (nSPS) is 20.7. The van der Waals surface area contributed by atoms with Crippen molar-refractivity contribution < 1.29 is 0 Å². The van der Waals surface area contributed by atoms with E-state index < -0.39 is 0 Å². The van der Waals surface area contributed by atoms with E-state index in [1.807, 2.05) is 7.05 Å². The molecule has 1 aliphatic rings. The minimum atomic E-state index is 0.616. The maximum absolute atomic E-state index is 3.28. The molecule has 0 heterocycles. The van der Waals surface area contributed by atoms with Crippen LogP contribution in [0.25, 0.3) is 0 Å². The van der Waals surface area contributed by atoms with Crippen LogP contribution in [0.15, 0.2) is 18.2 Å². The number of aryl methyl sites for hydroxylation is 1. The third-order valence-electron chi connectivity index (χ3n) is 2.45. The van der Waals surface area contributed by atoms with Gasteiger partial charge in [0.25, 0.3) is 0 Å². The number of rotatable bonds is 1. The Morgan fingerprint density at radius 2 is 2.27 bits per heavy atom. The maximum Gasteiger partial charge on any atom is 0.0361 e. The zero-order chi connectivity index (χ0) is 7.84. The van der Waals surface area contributed by atoms with E-state index in [-0.39, 0.29) is 0 Å². The Morgan fingerprint density at radius 1 is 1.45 bits per heavy atom. The molecule has 1 aromatic rings. The summed E-state index contributed by atoms with van der Waals surface area (Å²) in [5.74, 6) is 0. The molecule has 0 radical (unpaired) electrons. The van der Waals surface area contributed by atoms with Gasteiger partial charge in [-0.25, -0.2) is 0 Å². The van der Waals surface area contributed by atoms with Crippen LogP contribution in [0.4, 0.5) is 0 Å². The molecule has 0 amide bonds. The third-order valence-corrected chi connectivity index (χ3v) is 2.45. The summed E-state index contributed by atoms with van der Waals surface area (Å²) in [5.41, 5.74) is 4.38. The topological polar surface area (TPSA) is 12.0 Å². The van der Waals surface area contributed by atoms with Crippen LogP contribution in [0.5, 0.6) is 0 Å². The smallest absolute Gasteiger partial charge is 0.0361 e. The maximum atomic E-state index is 3.28. The highest BCUT2D eigenvalue weighted by atomic mass is 14.9. The quantitative estimate of drug-likeness (QED) is 0.638. The molecule has 2 rings (SSSR count). The first-order valence-corrected chi connectivity index (χ1v) is 4.08. The molecule has 0 spiro atoms. The van der Waals surface area contributed by atoms with Gasteiger partial charge in [-0.15, -0.1) is 0 Å². The number of hydrogen-bond acceptors (Lipinski definition) is 1. The van der Waals surface area contributed by atoms with Crippen molar-refractivity contribution in [3.8, 4) is 0 Å². The highest BCUT2D eigenvalue weighted by Gasteiger charge is 2.23. The summed E-state index contributed by atoms with van der Waals surface area (Å²) in [5, 5.41) is 3.28. The van der Waals surface area contributed by atoms with Crippen molar-refractivity contribution in [2.75, 3.05) is 7.05 Å². The molecule has 0 aliphatic heterocycles. The minimum absolute atomic E-state index is 0.616. The van der Waals surface area contributed by atoms with Crippen LogP contribution in [0.3, 0.4) is 0 Å². The molecule has 0 bridgehead atoms. The van der Waals surface area contributed by atoms with E-state index in [0.29, 0.717) is 6.04 Å². The number of hydrogen-bond donors (Lipinski definition) is 1. The summed E-state index contributed by atoms with van der Waals surface area (Å²) in [4.78, 5) is 0. The second-order valence-electron chi connectivity index (χ2n) is 3.25. The summed E-state index contributed by atoms with van der Waals surface area (Å²) in [6, 6.07) is 7.31. The van der Waals surface area contributed by atoms with Crippen LogP contribution >= 0.6 is 0 Å². The minimum Gasteiger partial charge on any atom is -0.313 e. The van der Waals surface area contributed by atoms with Crippen molar-refractivity contribution in [1.29, 1.82) is 0 Å². The van der Waals surface area contributed by atoms with Gasteiger partial charge in [0.15, 0.2) is 0 Å². The molecule has 1 heteroatoms. The van der Waals surface area contributed by atoms with E-state index in [1.54, 1.807) is 0 Å². The predicted molar refractivity (Wildman–Crippen MR) is 46.7 cm³/mol. The van der Waals surface area contributed by atoms with Gasteiger partial charge in [0.1, 0.15) is 0 Å². The molecule has 1 atom stereocenters. The van der Waals surface area contributed by atoms with Crippen molar-refractivity contribution >= 4 is 0 Å². The van der Waals surface area contributed by atoms with Gasteiger partial charge >= 0.3 is 0 Å². The average Bonchev–Trinajstić information content (AvgIpc) is 1.95. The molecule has 0 aromatic heterocycles. The zero-order valence-electron chi connectivity index (χ0n) is 7.02. The lowest BCUT2D eigenvalue weighted by atomic mass is 9.82. The molecule has 1 aliphatic carbocycles. The van der Waals surface area contributed by atoms with Gasteiger partial charge in [-0.3, -0.25) is 0 Å². The SMILES string of the molecule is CNC1Cc2cc(C)ccc21. The number of nitrogens with one attached hydrogen (secondary N) is 1. The van der Waals surface area contributed by atoms with Crippen LogP contribution in [0.1, 0.15) is 22.7 Å². The molecule has 11 heavy (non-hydrogen) atoms. The van der Waals surface area contributed by atoms with Crippen LogP contribution < -0.4 is 5.32 Å². The van der Waals surface area contributed by atoms with E-state index in [4.69, 9.17) is 0 Å². The first-order valence-electron chi connectivity index (χ1n) is 4.08. The van der Waals surface area contributed by atoms with Gasteiger partial charge in [0.2, 0.25) is 0 Å². The van der Waals surface area contributed by atoms with Gasteiger partial charge in [-0.2, -0.15) is 0 Å². The number of benzene rings is 1. The van der Waals surface area contributed by atoms with Crippen molar-refractivity contribution in [2.45, 2.75) is 19.4 Å². The summed E-state index contributed by atoms with van der Waals surface area (Å²) in [7, 11) is 2.02. The van der Waals surface area contributed by atoms with E-state index in [1.165, 1.54) is 23.1 Å². The Labute approximate surface area is 67.4 Å². The van der Waals surface area contributed by atoms with Gasteiger partial charge in [0.05, 0.1) is 0 Å². The fourth-order valence-corrected chi connectivity index (χ4v) is 1.71. The second kappa shape index (κ2) is 2.35. The molecule has 58 valence electrons. The van der Waals surface area contributed by atoms with Gasteiger partial charge in [-0.1, -0.05) is 23.8 Å². The molecule has 1 nitrogen and oxygen atoms in total. The summed E-state index contributed by atoms with van der Waals surface area (Å²) < 4.78 is 0. The molecule has 1 aromatic carbocycles. The summed E-state index contributed by atoms with van der Waals surface area (Å²) in [6.07, 6.45) is 1.20. The molecule has 1 N–H and O–H groups in total. The van der Waals surface area contributed by atoms with Crippen LogP contribution in [0, 0.1) is 6.92 Å². The number of likely N-dealkylation sites (N-methyl/N-ethyl adjacent to an activating group) is 1. The highest BCUT2D eigenvalue weighted by Crippen LogP contribution is 2.32. The van der Waals surface area contributed by atoms with Crippen molar-refractivity contribution in [1.82, 2.24) is 5.32 Å². The van der Waals surface area contributed by atoms with Crippen molar-refractivity contribution in [3.05, 3.63) is 34.9 Å². The Bertz CT molecular complexity index is 278. The molecular weight excluding hydrogens is 134 g/mol. The fraction of sp³-hybridized carbons (Fsp3) is 0.400. The zero-order valence-corrected chi connectivity index (χ0v) is 7.02. The fourth-order valence-electron chi connectivity index (χ4n) is 1.71.